The van der Waals surface area contributed by atoms with Gasteiger partial charge in [0.05, 0.1) is 6.10 Å². The van der Waals surface area contributed by atoms with Crippen LogP contribution in [0.4, 0.5) is 0 Å². The molecule has 0 aliphatic heterocycles. The number of aliphatic hydroxyl groups is 1. The molecule has 0 unspecified atom stereocenters. The maximum absolute atomic E-state index is 10.1. The van der Waals surface area contributed by atoms with Crippen LogP contribution in [0.2, 0.25) is 0 Å². The lowest BCUT2D eigenvalue weighted by atomic mass is 10.1. The monoisotopic (exact) mass is 356 g/mol. The molecule has 0 heterocycles. The van der Waals surface area contributed by atoms with Crippen LogP contribution in [0.5, 0.6) is 0 Å². The van der Waals surface area contributed by atoms with Gasteiger partial charge in [0.25, 0.3) is 0 Å². The van der Waals surface area contributed by atoms with Crippen LogP contribution in [0.1, 0.15) is 22.3 Å². The standard InChI is InChI=1S/C21H24OS2/c1-3-17-5-9-19(10-6-17)13-23-15-21(22)16-24-14-20-11-7-18(4-2)8-12-20/h3-12,21-22H,1-2,13-16H2. The zero-order valence-electron chi connectivity index (χ0n) is 13.9. The van der Waals surface area contributed by atoms with Crippen molar-refractivity contribution in [3.05, 3.63) is 83.9 Å². The molecule has 0 aliphatic rings. The molecule has 0 amide bonds. The number of hydrogen-bond donors (Lipinski definition) is 1. The van der Waals surface area contributed by atoms with Crippen molar-refractivity contribution in [1.29, 1.82) is 0 Å². The Morgan fingerprint density at radius 2 is 1.12 bits per heavy atom. The maximum atomic E-state index is 10.1. The van der Waals surface area contributed by atoms with Crippen molar-refractivity contribution in [2.45, 2.75) is 17.6 Å². The zero-order valence-corrected chi connectivity index (χ0v) is 15.5. The molecule has 0 aliphatic carbocycles. The van der Waals surface area contributed by atoms with E-state index in [1.165, 1.54) is 11.1 Å². The van der Waals surface area contributed by atoms with Gasteiger partial charge in [-0.15, -0.1) is 0 Å². The summed E-state index contributed by atoms with van der Waals surface area (Å²) >= 11 is 3.56. The summed E-state index contributed by atoms with van der Waals surface area (Å²) < 4.78 is 0. The Morgan fingerprint density at radius 1 is 0.750 bits per heavy atom. The Morgan fingerprint density at radius 3 is 1.46 bits per heavy atom. The molecular formula is C21H24OS2. The number of aliphatic hydroxyl groups excluding tert-OH is 1. The Balaban J connectivity index is 1.62. The van der Waals surface area contributed by atoms with Crippen molar-refractivity contribution < 1.29 is 5.11 Å². The van der Waals surface area contributed by atoms with Crippen LogP contribution in [0.3, 0.4) is 0 Å². The molecule has 2 aromatic carbocycles. The SMILES string of the molecule is C=Cc1ccc(CSCC(O)CSCc2ccc(C=C)cc2)cc1. The molecule has 1 N–H and O–H groups in total. The number of hydrogen-bond acceptors (Lipinski definition) is 3. The van der Waals surface area contributed by atoms with Crippen molar-refractivity contribution in [1.82, 2.24) is 0 Å². The molecule has 3 heteroatoms. The largest absolute Gasteiger partial charge is 0.391 e. The van der Waals surface area contributed by atoms with Crippen molar-refractivity contribution in [2.24, 2.45) is 0 Å². The third-order valence-corrected chi connectivity index (χ3v) is 5.90. The lowest BCUT2D eigenvalue weighted by molar-refractivity contribution is 0.225. The molecule has 0 bridgehead atoms. The van der Waals surface area contributed by atoms with E-state index < -0.39 is 0 Å². The van der Waals surface area contributed by atoms with E-state index in [9.17, 15) is 5.11 Å². The highest BCUT2D eigenvalue weighted by Gasteiger charge is 2.05. The minimum Gasteiger partial charge on any atom is -0.391 e. The van der Waals surface area contributed by atoms with E-state index in [2.05, 4.69) is 61.7 Å². The van der Waals surface area contributed by atoms with Crippen molar-refractivity contribution in [2.75, 3.05) is 11.5 Å². The van der Waals surface area contributed by atoms with Crippen LogP contribution in [0, 0.1) is 0 Å². The van der Waals surface area contributed by atoms with Gasteiger partial charge in [-0.05, 0) is 22.3 Å². The highest BCUT2D eigenvalue weighted by atomic mass is 32.2. The second-order valence-corrected chi connectivity index (χ2v) is 7.64. The summed E-state index contributed by atoms with van der Waals surface area (Å²) in [5.41, 5.74) is 4.85. The maximum Gasteiger partial charge on any atom is 0.0721 e. The molecule has 0 radical (unpaired) electrons. The predicted molar refractivity (Wildman–Crippen MR) is 111 cm³/mol. The average Bonchev–Trinajstić information content (AvgIpc) is 2.63. The highest BCUT2D eigenvalue weighted by Crippen LogP contribution is 2.18. The van der Waals surface area contributed by atoms with Crippen molar-refractivity contribution in [3.8, 4) is 0 Å². The smallest absolute Gasteiger partial charge is 0.0721 e. The molecule has 0 atom stereocenters. The fourth-order valence-corrected chi connectivity index (χ4v) is 4.19. The predicted octanol–water partition coefficient (Wildman–Crippen LogP) is 5.50. The van der Waals surface area contributed by atoms with Gasteiger partial charge in [0, 0.05) is 23.0 Å². The Kier molecular flexibility index (Phi) is 8.23. The fourth-order valence-electron chi connectivity index (χ4n) is 2.17. The molecular weight excluding hydrogens is 332 g/mol. The van der Waals surface area contributed by atoms with Crippen LogP contribution in [-0.4, -0.2) is 22.7 Å². The van der Waals surface area contributed by atoms with E-state index in [1.807, 2.05) is 12.2 Å². The lowest BCUT2D eigenvalue weighted by Gasteiger charge is -2.10. The second kappa shape index (κ2) is 10.4. The number of rotatable bonds is 10. The van der Waals surface area contributed by atoms with Crippen LogP contribution >= 0.6 is 23.5 Å². The summed E-state index contributed by atoms with van der Waals surface area (Å²) in [5, 5.41) is 10.1. The molecule has 1 nitrogen and oxygen atoms in total. The highest BCUT2D eigenvalue weighted by molar-refractivity contribution is 7.99. The van der Waals surface area contributed by atoms with Gasteiger partial charge in [-0.3, -0.25) is 0 Å². The van der Waals surface area contributed by atoms with Crippen molar-refractivity contribution in [3.63, 3.8) is 0 Å². The first-order chi connectivity index (χ1) is 11.7. The van der Waals surface area contributed by atoms with E-state index in [0.29, 0.717) is 0 Å². The minimum absolute atomic E-state index is 0.264. The first kappa shape index (κ1) is 18.9. The Labute approximate surface area is 153 Å². The van der Waals surface area contributed by atoms with Gasteiger partial charge in [0.2, 0.25) is 0 Å². The second-order valence-electron chi connectivity index (χ2n) is 5.58. The first-order valence-electron chi connectivity index (χ1n) is 7.97. The molecule has 126 valence electrons. The van der Waals surface area contributed by atoms with E-state index in [4.69, 9.17) is 0 Å². The van der Waals surface area contributed by atoms with Crippen molar-refractivity contribution >= 4 is 35.7 Å². The summed E-state index contributed by atoms with van der Waals surface area (Å²) in [5.74, 6) is 3.40. The van der Waals surface area contributed by atoms with Gasteiger partial charge in [-0.2, -0.15) is 23.5 Å². The zero-order chi connectivity index (χ0) is 17.2. The molecule has 0 spiro atoms. The van der Waals surface area contributed by atoms with E-state index in [0.717, 1.165) is 34.1 Å². The normalized spacial score (nSPS) is 10.8. The summed E-state index contributed by atoms with van der Waals surface area (Å²) in [6, 6.07) is 16.8. The van der Waals surface area contributed by atoms with Gasteiger partial charge in [0.1, 0.15) is 0 Å². The van der Waals surface area contributed by atoms with Gasteiger partial charge in [-0.1, -0.05) is 73.8 Å². The lowest BCUT2D eigenvalue weighted by Crippen LogP contribution is -2.13. The fraction of sp³-hybridized carbons (Fsp3) is 0.238. The van der Waals surface area contributed by atoms with E-state index in [-0.39, 0.29) is 6.10 Å². The first-order valence-corrected chi connectivity index (χ1v) is 10.3. The molecule has 24 heavy (non-hydrogen) atoms. The third kappa shape index (κ3) is 6.60. The van der Waals surface area contributed by atoms with Crippen LogP contribution in [0.25, 0.3) is 12.2 Å². The summed E-state index contributed by atoms with van der Waals surface area (Å²) in [6.07, 6.45) is 3.44. The summed E-state index contributed by atoms with van der Waals surface area (Å²) in [6.45, 7) is 7.52. The number of thioether (sulfide) groups is 2. The summed E-state index contributed by atoms with van der Waals surface area (Å²) in [4.78, 5) is 0. The van der Waals surface area contributed by atoms with Crippen LogP contribution in [0.15, 0.2) is 61.7 Å². The molecule has 2 aromatic rings. The Hall–Kier alpha value is -1.42. The van der Waals surface area contributed by atoms with Gasteiger partial charge >= 0.3 is 0 Å². The van der Waals surface area contributed by atoms with Crippen LogP contribution < -0.4 is 0 Å². The van der Waals surface area contributed by atoms with Gasteiger partial charge < -0.3 is 5.11 Å². The van der Waals surface area contributed by atoms with Crippen LogP contribution in [-0.2, 0) is 11.5 Å². The van der Waals surface area contributed by atoms with E-state index in [1.54, 1.807) is 23.5 Å². The van der Waals surface area contributed by atoms with Gasteiger partial charge in [-0.25, -0.2) is 0 Å². The molecule has 2 rings (SSSR count). The summed E-state index contributed by atoms with van der Waals surface area (Å²) in [7, 11) is 0. The minimum atomic E-state index is -0.264. The molecule has 0 aromatic heterocycles. The number of benzene rings is 2. The Bertz CT molecular complexity index is 574. The van der Waals surface area contributed by atoms with E-state index >= 15 is 0 Å². The van der Waals surface area contributed by atoms with Gasteiger partial charge in [0.15, 0.2) is 0 Å². The quantitative estimate of drug-likeness (QED) is 0.607. The molecule has 0 saturated heterocycles. The third-order valence-electron chi connectivity index (χ3n) is 3.59. The topological polar surface area (TPSA) is 20.2 Å². The molecule has 0 saturated carbocycles. The average molecular weight is 357 g/mol. The molecule has 0 fully saturated rings.